The van der Waals surface area contributed by atoms with E-state index in [-0.39, 0.29) is 48.2 Å². The first-order valence-electron chi connectivity index (χ1n) is 24.2. The summed E-state index contributed by atoms with van der Waals surface area (Å²) in [5.74, 6) is -0.725. The molecular formula is C50H54F2N14O4. The van der Waals surface area contributed by atoms with Crippen LogP contribution in [0, 0.1) is 23.0 Å². The molecule has 18 nitrogen and oxygen atoms in total. The van der Waals surface area contributed by atoms with Gasteiger partial charge in [-0.05, 0) is 68.9 Å². The van der Waals surface area contributed by atoms with Gasteiger partial charge in [0.2, 0.25) is 17.7 Å². The molecule has 9 heterocycles. The summed E-state index contributed by atoms with van der Waals surface area (Å²) >= 11 is 0. The number of ether oxygens (including phenoxy) is 2. The number of carbonyl (C=O) groups excluding carboxylic acids is 2. The Balaban J connectivity index is 0.720. The van der Waals surface area contributed by atoms with E-state index in [1.54, 1.807) is 15.6 Å². The summed E-state index contributed by atoms with van der Waals surface area (Å²) in [4.78, 5) is 47.3. The zero-order valence-corrected chi connectivity index (χ0v) is 38.9. The fraction of sp³-hybridized carbons (Fsp3) is 0.440. The molecule has 70 heavy (non-hydrogen) atoms. The third-order valence-corrected chi connectivity index (χ3v) is 14.5. The minimum Gasteiger partial charge on any atom is -0.478 e. The highest BCUT2D eigenvalue weighted by Gasteiger charge is 2.39. The van der Waals surface area contributed by atoms with Crippen LogP contribution in [0.1, 0.15) is 62.6 Å². The molecule has 2 bridgehead atoms. The van der Waals surface area contributed by atoms with Crippen molar-refractivity contribution in [3.8, 4) is 34.5 Å². The van der Waals surface area contributed by atoms with Gasteiger partial charge in [0.05, 0.1) is 67.9 Å². The van der Waals surface area contributed by atoms with Crippen LogP contribution in [-0.2, 0) is 20.9 Å². The van der Waals surface area contributed by atoms with E-state index in [1.807, 2.05) is 60.8 Å². The number of piperidine rings is 1. The number of rotatable bonds is 12. The summed E-state index contributed by atoms with van der Waals surface area (Å²) in [5.41, 5.74) is 5.18. The Morgan fingerprint density at radius 3 is 2.30 bits per heavy atom. The predicted molar refractivity (Wildman–Crippen MR) is 255 cm³/mol. The number of benzene rings is 1. The molecule has 20 heteroatoms. The van der Waals surface area contributed by atoms with Crippen LogP contribution in [-0.4, -0.2) is 139 Å². The van der Waals surface area contributed by atoms with Gasteiger partial charge in [0.25, 0.3) is 0 Å². The van der Waals surface area contributed by atoms with Gasteiger partial charge in [0.15, 0.2) is 11.6 Å². The Hall–Kier alpha value is -7.08. The molecule has 6 aromatic rings. The monoisotopic (exact) mass is 952 g/mol. The maximum Gasteiger partial charge on any atom is 0.249 e. The Bertz CT molecular complexity index is 2890. The summed E-state index contributed by atoms with van der Waals surface area (Å²) in [7, 11) is 0. The smallest absolute Gasteiger partial charge is 0.249 e. The second-order valence-corrected chi connectivity index (χ2v) is 18.8. The molecule has 1 aliphatic carbocycles. The lowest BCUT2D eigenvalue weighted by atomic mass is 9.90. The van der Waals surface area contributed by atoms with Crippen molar-refractivity contribution in [2.45, 2.75) is 82.2 Å². The van der Waals surface area contributed by atoms with Crippen LogP contribution in [0.25, 0.3) is 28.0 Å². The number of nitriles is 1. The molecular weight excluding hydrogens is 899 g/mol. The molecule has 11 rings (SSSR count). The number of nitrogens with one attached hydrogen (secondary N) is 2. The van der Waals surface area contributed by atoms with Crippen molar-refractivity contribution in [3.05, 3.63) is 96.3 Å². The largest absolute Gasteiger partial charge is 0.478 e. The van der Waals surface area contributed by atoms with E-state index in [1.165, 1.54) is 12.1 Å². The van der Waals surface area contributed by atoms with Gasteiger partial charge in [-0.25, -0.2) is 28.2 Å². The zero-order valence-electron chi connectivity index (χ0n) is 38.9. The summed E-state index contributed by atoms with van der Waals surface area (Å²) < 4.78 is 46.1. The van der Waals surface area contributed by atoms with E-state index in [4.69, 9.17) is 24.5 Å². The van der Waals surface area contributed by atoms with Crippen LogP contribution >= 0.6 is 0 Å². The van der Waals surface area contributed by atoms with Gasteiger partial charge in [-0.15, -0.1) is 0 Å². The second-order valence-electron chi connectivity index (χ2n) is 18.8. The Morgan fingerprint density at radius 2 is 1.61 bits per heavy atom. The number of anilines is 3. The summed E-state index contributed by atoms with van der Waals surface area (Å²) in [6, 6.07) is 13.0. The van der Waals surface area contributed by atoms with E-state index < -0.39 is 23.6 Å². The lowest BCUT2D eigenvalue weighted by Gasteiger charge is -2.50. The number of morpholine rings is 1. The van der Waals surface area contributed by atoms with E-state index in [0.29, 0.717) is 80.4 Å². The van der Waals surface area contributed by atoms with Gasteiger partial charge >= 0.3 is 0 Å². The van der Waals surface area contributed by atoms with Crippen LogP contribution in [0.4, 0.5) is 26.0 Å². The minimum absolute atomic E-state index is 0.0610. The number of fused-ring (bicyclic) bond motifs is 3. The number of hydrogen-bond acceptors (Lipinski definition) is 15. The molecule has 2 N–H and O–H groups in total. The third-order valence-electron chi connectivity index (χ3n) is 14.5. The number of carbonyl (C=O) groups is 2. The Morgan fingerprint density at radius 1 is 0.843 bits per heavy atom. The molecule has 3 atom stereocenters. The first kappa shape index (κ1) is 45.4. The predicted octanol–water partition coefficient (Wildman–Crippen LogP) is 5.21. The number of nitrogens with zero attached hydrogens (tertiary/aromatic N) is 12. The molecule has 1 unspecified atom stereocenters. The molecule has 0 spiro atoms. The van der Waals surface area contributed by atoms with Crippen LogP contribution in [0.3, 0.4) is 0 Å². The normalized spacial score (nSPS) is 23.3. The van der Waals surface area contributed by atoms with Crippen molar-refractivity contribution in [1.82, 2.24) is 49.5 Å². The van der Waals surface area contributed by atoms with Crippen molar-refractivity contribution in [2.75, 3.05) is 74.2 Å². The number of halogens is 2. The maximum atomic E-state index is 15.4. The van der Waals surface area contributed by atoms with E-state index in [0.717, 1.165) is 67.8 Å². The quantitative estimate of drug-likeness (QED) is 0.152. The number of amides is 2. The second kappa shape index (κ2) is 19.4. The summed E-state index contributed by atoms with van der Waals surface area (Å²) in [6.07, 6.45) is 15.2. The molecule has 0 radical (unpaired) electrons. The van der Waals surface area contributed by atoms with Crippen LogP contribution in [0.15, 0.2) is 73.6 Å². The number of imide groups is 1. The van der Waals surface area contributed by atoms with Gasteiger partial charge in [0.1, 0.15) is 34.7 Å². The third kappa shape index (κ3) is 9.11. The van der Waals surface area contributed by atoms with Gasteiger partial charge in [0, 0.05) is 99.7 Å². The standard InChI is InChI=1S/C50H54F2N14O4/c1-2-70-46-12-3-31(20-55-46)24-64-38-26-63(27-39(64)30-69-29-38)44-10-4-32(21-54-44)47-48-33(19-53)22-57-66(48)28-43(59-47)34-23-56-65(25-34)37-7-5-36(6-8-37)61-13-15-62(16-14-61)49-40(51)17-35(18-41(49)52)58-42-9-11-45(67)60-50(42)68/h3-4,10,12,17-18,20-23,25,28,36-39,42,58H,2,5-9,11,13-16,24,26-27,29-30H2,1H3,(H,60,67,68)/t36?,37?,38-,39+,42?. The van der Waals surface area contributed by atoms with Gasteiger partial charge in [-0.3, -0.25) is 29.4 Å². The molecule has 1 aromatic carbocycles. The van der Waals surface area contributed by atoms with Crippen LogP contribution < -0.4 is 25.2 Å². The average molecular weight is 953 g/mol. The molecule has 4 saturated heterocycles. The lowest BCUT2D eigenvalue weighted by Crippen LogP contribution is -2.64. The first-order chi connectivity index (χ1) is 34.2. The van der Waals surface area contributed by atoms with Crippen LogP contribution in [0.2, 0.25) is 0 Å². The number of hydrogen-bond donors (Lipinski definition) is 2. The topological polar surface area (TPSA) is 187 Å². The number of pyridine rings is 2. The van der Waals surface area contributed by atoms with Crippen molar-refractivity contribution < 1.29 is 27.8 Å². The zero-order chi connectivity index (χ0) is 47.9. The highest BCUT2D eigenvalue weighted by atomic mass is 19.1. The summed E-state index contributed by atoms with van der Waals surface area (Å²) in [6.45, 7) is 8.48. The molecule has 4 aliphatic heterocycles. The Labute approximate surface area is 403 Å². The molecule has 362 valence electrons. The molecule has 5 aliphatic rings. The SMILES string of the molecule is CCOc1ccc(CN2[C@@H]3COC[C@H]2CN(c2ccc(-c4nc(-c5cnn(C6CCC(N7CCN(c8c(F)cc(NC9CCC(=O)NC9=O)cc8F)CC7)CC6)c5)cn5ncc(C#N)c45)cn2)C3)cn1. The van der Waals surface area contributed by atoms with Gasteiger partial charge in [-0.2, -0.15) is 15.5 Å². The number of aromatic nitrogens is 7. The summed E-state index contributed by atoms with van der Waals surface area (Å²) in [5, 5.41) is 24.6. The highest BCUT2D eigenvalue weighted by Crippen LogP contribution is 2.36. The maximum absolute atomic E-state index is 15.4. The average Bonchev–Trinajstić information content (AvgIpc) is 4.04. The fourth-order valence-electron chi connectivity index (χ4n) is 10.9. The molecule has 5 fully saturated rings. The number of piperazine rings is 2. The van der Waals surface area contributed by atoms with Crippen LogP contribution in [0.5, 0.6) is 5.88 Å². The van der Waals surface area contributed by atoms with E-state index in [2.05, 4.69) is 47.6 Å². The van der Waals surface area contributed by atoms with Crippen molar-refractivity contribution in [3.63, 3.8) is 0 Å². The molecule has 2 amide bonds. The van der Waals surface area contributed by atoms with Crippen molar-refractivity contribution >= 4 is 34.5 Å². The fourth-order valence-corrected chi connectivity index (χ4v) is 10.9. The van der Waals surface area contributed by atoms with E-state index in [9.17, 15) is 14.9 Å². The van der Waals surface area contributed by atoms with Gasteiger partial charge < -0.3 is 24.6 Å². The lowest BCUT2D eigenvalue weighted by molar-refractivity contribution is -0.133. The molecule has 5 aromatic heterocycles. The van der Waals surface area contributed by atoms with Crippen molar-refractivity contribution in [2.24, 2.45) is 0 Å². The van der Waals surface area contributed by atoms with Crippen molar-refractivity contribution in [1.29, 1.82) is 5.26 Å². The minimum atomic E-state index is -0.733. The highest BCUT2D eigenvalue weighted by molar-refractivity contribution is 6.01. The van der Waals surface area contributed by atoms with E-state index >= 15 is 8.78 Å². The molecule has 1 saturated carbocycles. The Kier molecular flexibility index (Phi) is 12.6. The van der Waals surface area contributed by atoms with Gasteiger partial charge in [-0.1, -0.05) is 6.07 Å². The first-order valence-corrected chi connectivity index (χ1v) is 24.2.